The average molecular weight is 490 g/mol. The van der Waals surface area contributed by atoms with E-state index < -0.39 is 4.92 Å². The first-order chi connectivity index (χ1) is 15.8. The maximum atomic E-state index is 12.4. The second-order valence-electron chi connectivity index (χ2n) is 7.10. The first kappa shape index (κ1) is 24.5. The summed E-state index contributed by atoms with van der Waals surface area (Å²) >= 11 is 7.26. The summed E-state index contributed by atoms with van der Waals surface area (Å²) in [4.78, 5) is 22.8. The van der Waals surface area contributed by atoms with Gasteiger partial charge in [0.15, 0.2) is 17.1 Å². The fourth-order valence-corrected chi connectivity index (χ4v) is 4.08. The topological polar surface area (TPSA) is 112 Å². The number of aryl methyl sites for hydroxylation is 1. The van der Waals surface area contributed by atoms with Crippen molar-refractivity contribution in [3.63, 3.8) is 0 Å². The van der Waals surface area contributed by atoms with Crippen LogP contribution in [0.1, 0.15) is 38.3 Å². The molecule has 0 aliphatic heterocycles. The lowest BCUT2D eigenvalue weighted by atomic mass is 10.2. The van der Waals surface area contributed by atoms with E-state index in [0.29, 0.717) is 17.5 Å². The summed E-state index contributed by atoms with van der Waals surface area (Å²) < 4.78 is 7.91. The van der Waals surface area contributed by atoms with Crippen molar-refractivity contribution < 1.29 is 14.5 Å². The minimum Gasteiger partial charge on any atom is -0.483 e. The number of non-ortho nitro benzene ring substituents is 1. The smallest absolute Gasteiger partial charge is 0.271 e. The molecule has 1 N–H and O–H groups in total. The molecule has 3 rings (SSSR count). The molecular formula is C22H24ClN5O4S. The first-order valence-corrected chi connectivity index (χ1v) is 11.7. The van der Waals surface area contributed by atoms with Gasteiger partial charge in [-0.15, -0.1) is 10.2 Å². The van der Waals surface area contributed by atoms with Crippen LogP contribution in [0.5, 0.6) is 5.75 Å². The van der Waals surface area contributed by atoms with E-state index in [-0.39, 0.29) is 34.2 Å². The molecule has 9 nitrogen and oxygen atoms in total. The fourth-order valence-electron chi connectivity index (χ4n) is 3.10. The van der Waals surface area contributed by atoms with E-state index in [1.165, 1.54) is 35.5 Å². The molecule has 174 valence electrons. The molecule has 0 saturated carbocycles. The van der Waals surface area contributed by atoms with Crippen molar-refractivity contribution in [2.45, 2.75) is 45.0 Å². The number of carbonyl (C=O) groups excluding carboxylic acids is 1. The quantitative estimate of drug-likeness (QED) is 0.234. The molecule has 11 heteroatoms. The van der Waals surface area contributed by atoms with Gasteiger partial charge in [0.2, 0.25) is 5.91 Å². The predicted octanol–water partition coefficient (Wildman–Crippen LogP) is 5.29. The van der Waals surface area contributed by atoms with E-state index in [4.69, 9.17) is 16.3 Å². The number of carbonyl (C=O) groups is 1. The van der Waals surface area contributed by atoms with Gasteiger partial charge in [-0.2, -0.15) is 0 Å². The predicted molar refractivity (Wildman–Crippen MR) is 128 cm³/mol. The summed E-state index contributed by atoms with van der Waals surface area (Å²) in [5.74, 6) is 1.06. The highest BCUT2D eigenvalue weighted by molar-refractivity contribution is 7.99. The van der Waals surface area contributed by atoms with Crippen LogP contribution in [0.25, 0.3) is 0 Å². The third kappa shape index (κ3) is 6.23. The number of rotatable bonds is 10. The maximum Gasteiger partial charge on any atom is 0.271 e. The van der Waals surface area contributed by atoms with Crippen LogP contribution in [0.3, 0.4) is 0 Å². The van der Waals surface area contributed by atoms with Crippen molar-refractivity contribution in [1.82, 2.24) is 14.8 Å². The minimum atomic E-state index is -0.548. The first-order valence-electron chi connectivity index (χ1n) is 10.4. The molecule has 0 bridgehead atoms. The zero-order valence-electron chi connectivity index (χ0n) is 18.4. The van der Waals surface area contributed by atoms with E-state index in [1.807, 2.05) is 42.7 Å². The van der Waals surface area contributed by atoms with Crippen molar-refractivity contribution in [3.05, 3.63) is 69.0 Å². The summed E-state index contributed by atoms with van der Waals surface area (Å²) in [6.07, 6.45) is 0.624. The van der Waals surface area contributed by atoms with Crippen molar-refractivity contribution in [3.8, 4) is 5.75 Å². The van der Waals surface area contributed by atoms with Crippen molar-refractivity contribution in [2.75, 3.05) is 11.1 Å². The molecule has 33 heavy (non-hydrogen) atoms. The highest BCUT2D eigenvalue weighted by Crippen LogP contribution is 2.28. The van der Waals surface area contributed by atoms with Crippen LogP contribution in [-0.2, 0) is 17.8 Å². The van der Waals surface area contributed by atoms with Crippen molar-refractivity contribution in [2.24, 2.45) is 0 Å². The van der Waals surface area contributed by atoms with E-state index in [2.05, 4.69) is 22.4 Å². The minimum absolute atomic E-state index is 0.0326. The number of anilines is 1. The van der Waals surface area contributed by atoms with E-state index in [9.17, 15) is 14.9 Å². The molecule has 0 unspecified atom stereocenters. The summed E-state index contributed by atoms with van der Waals surface area (Å²) in [6, 6.07) is 11.8. The molecule has 0 aliphatic rings. The molecule has 1 aromatic heterocycles. The summed E-state index contributed by atoms with van der Waals surface area (Å²) in [6.45, 7) is 6.56. The number of nitro groups is 1. The van der Waals surface area contributed by atoms with Gasteiger partial charge in [-0.05, 0) is 44.0 Å². The molecule has 3 aromatic rings. The summed E-state index contributed by atoms with van der Waals surface area (Å²) in [5, 5.41) is 22.8. The standard InChI is InChI=1S/C22H24ClN5O4S/c1-4-15-6-9-17(10-7-15)32-14(3)21-25-26-22(27(21)5-2)33-13-20(29)24-19-12-16(28(30)31)8-11-18(19)23/h6-12,14H,4-5,13H2,1-3H3,(H,24,29)/t14-/m1/s1. The van der Waals surface area contributed by atoms with Gasteiger partial charge in [0, 0.05) is 18.7 Å². The molecule has 0 saturated heterocycles. The number of aromatic nitrogens is 3. The Labute approximate surface area is 200 Å². The number of nitrogens with one attached hydrogen (secondary N) is 1. The number of nitro benzene ring substituents is 1. The van der Waals surface area contributed by atoms with Gasteiger partial charge in [0.1, 0.15) is 5.75 Å². The molecule has 2 aromatic carbocycles. The monoisotopic (exact) mass is 489 g/mol. The Hall–Kier alpha value is -3.11. The Bertz CT molecular complexity index is 1140. The van der Waals surface area contributed by atoms with Crippen LogP contribution in [-0.4, -0.2) is 31.3 Å². The molecule has 1 amide bonds. The van der Waals surface area contributed by atoms with E-state index in [0.717, 1.165) is 12.2 Å². The average Bonchev–Trinajstić information content (AvgIpc) is 3.22. The second kappa shape index (κ2) is 11.2. The van der Waals surface area contributed by atoms with Crippen LogP contribution in [0.2, 0.25) is 5.02 Å². The summed E-state index contributed by atoms with van der Waals surface area (Å²) in [5.41, 5.74) is 1.26. The fraction of sp³-hybridized carbons (Fsp3) is 0.318. The van der Waals surface area contributed by atoms with Crippen molar-refractivity contribution in [1.29, 1.82) is 0 Å². The molecular weight excluding hydrogens is 466 g/mol. The van der Waals surface area contributed by atoms with Crippen LogP contribution < -0.4 is 10.1 Å². The lowest BCUT2D eigenvalue weighted by Crippen LogP contribution is -2.16. The zero-order chi connectivity index (χ0) is 24.0. The van der Waals surface area contributed by atoms with Gasteiger partial charge in [0.05, 0.1) is 21.4 Å². The number of benzene rings is 2. The van der Waals surface area contributed by atoms with E-state index >= 15 is 0 Å². The highest BCUT2D eigenvalue weighted by atomic mass is 35.5. The second-order valence-corrected chi connectivity index (χ2v) is 8.45. The van der Waals surface area contributed by atoms with Crippen LogP contribution in [0, 0.1) is 10.1 Å². The number of hydrogen-bond acceptors (Lipinski definition) is 7. The number of halogens is 1. The Balaban J connectivity index is 1.64. The highest BCUT2D eigenvalue weighted by Gasteiger charge is 2.20. The molecule has 0 aliphatic carbocycles. The molecule has 1 atom stereocenters. The number of thioether (sulfide) groups is 1. The number of nitrogens with zero attached hydrogens (tertiary/aromatic N) is 4. The molecule has 1 heterocycles. The maximum absolute atomic E-state index is 12.4. The normalized spacial score (nSPS) is 11.8. The van der Waals surface area contributed by atoms with Gasteiger partial charge in [-0.1, -0.05) is 42.4 Å². The van der Waals surface area contributed by atoms with Gasteiger partial charge < -0.3 is 14.6 Å². The lowest BCUT2D eigenvalue weighted by molar-refractivity contribution is -0.384. The van der Waals surface area contributed by atoms with Gasteiger partial charge >= 0.3 is 0 Å². The molecule has 0 radical (unpaired) electrons. The molecule has 0 spiro atoms. The Morgan fingerprint density at radius 2 is 1.97 bits per heavy atom. The van der Waals surface area contributed by atoms with Crippen LogP contribution in [0.4, 0.5) is 11.4 Å². The van der Waals surface area contributed by atoms with Gasteiger partial charge in [-0.3, -0.25) is 14.9 Å². The number of amides is 1. The summed E-state index contributed by atoms with van der Waals surface area (Å²) in [7, 11) is 0. The van der Waals surface area contributed by atoms with Gasteiger partial charge in [-0.25, -0.2) is 0 Å². The number of ether oxygens (including phenoxy) is 1. The molecule has 0 fully saturated rings. The third-order valence-corrected chi connectivity index (χ3v) is 6.13. The Morgan fingerprint density at radius 3 is 2.61 bits per heavy atom. The van der Waals surface area contributed by atoms with Crippen molar-refractivity contribution >= 4 is 40.6 Å². The zero-order valence-corrected chi connectivity index (χ0v) is 20.0. The van der Waals surface area contributed by atoms with E-state index in [1.54, 1.807) is 0 Å². The third-order valence-electron chi connectivity index (χ3n) is 4.84. The Kier molecular flexibility index (Phi) is 8.29. The lowest BCUT2D eigenvalue weighted by Gasteiger charge is -2.16. The Morgan fingerprint density at radius 1 is 1.24 bits per heavy atom. The largest absolute Gasteiger partial charge is 0.483 e. The SMILES string of the molecule is CCc1ccc(O[C@H](C)c2nnc(SCC(=O)Nc3cc([N+](=O)[O-])ccc3Cl)n2CC)cc1. The number of hydrogen-bond donors (Lipinski definition) is 1. The van der Waals surface area contributed by atoms with Crippen LogP contribution in [0.15, 0.2) is 47.6 Å². The van der Waals surface area contributed by atoms with Gasteiger partial charge in [0.25, 0.3) is 5.69 Å². The van der Waals surface area contributed by atoms with Crippen LogP contribution >= 0.6 is 23.4 Å².